The van der Waals surface area contributed by atoms with Crippen molar-refractivity contribution in [3.63, 3.8) is 0 Å². The van der Waals surface area contributed by atoms with E-state index < -0.39 is 4.92 Å². The van der Waals surface area contributed by atoms with Gasteiger partial charge in [0.05, 0.1) is 10.9 Å². The first kappa shape index (κ1) is 12.8. The maximum absolute atomic E-state index is 10.6. The van der Waals surface area contributed by atoms with E-state index in [-0.39, 0.29) is 10.7 Å². The molecule has 0 amide bonds. The summed E-state index contributed by atoms with van der Waals surface area (Å²) in [5, 5.41) is 10.6. The highest BCUT2D eigenvalue weighted by molar-refractivity contribution is 9.09. The van der Waals surface area contributed by atoms with Crippen molar-refractivity contribution in [2.24, 2.45) is 0 Å². The molecule has 0 radical (unpaired) electrons. The van der Waals surface area contributed by atoms with Crippen LogP contribution in [0.2, 0.25) is 0 Å². The van der Waals surface area contributed by atoms with Gasteiger partial charge in [0, 0.05) is 0 Å². The molecule has 0 spiro atoms. The molecular weight excluding hydrogens is 298 g/mol. The molecule has 0 aliphatic heterocycles. The summed E-state index contributed by atoms with van der Waals surface area (Å²) in [5.41, 5.74) is 3.31. The lowest BCUT2D eigenvalue weighted by molar-refractivity contribution is -0.402. The Kier molecular flexibility index (Phi) is 3.52. The molecular formula is C13H12BrNO3. The van der Waals surface area contributed by atoms with E-state index in [1.165, 1.54) is 6.07 Å². The fourth-order valence-corrected chi connectivity index (χ4v) is 2.50. The lowest BCUT2D eigenvalue weighted by Gasteiger charge is -2.11. The molecule has 1 aromatic carbocycles. The van der Waals surface area contributed by atoms with Crippen molar-refractivity contribution >= 4 is 21.8 Å². The van der Waals surface area contributed by atoms with Gasteiger partial charge in [-0.1, -0.05) is 39.7 Å². The topological polar surface area (TPSA) is 56.3 Å². The van der Waals surface area contributed by atoms with Crippen LogP contribution < -0.4 is 0 Å². The van der Waals surface area contributed by atoms with Gasteiger partial charge in [-0.2, -0.15) is 0 Å². The highest BCUT2D eigenvalue weighted by Crippen LogP contribution is 2.35. The van der Waals surface area contributed by atoms with Crippen LogP contribution in [-0.4, -0.2) is 4.92 Å². The summed E-state index contributed by atoms with van der Waals surface area (Å²) in [7, 11) is 0. The lowest BCUT2D eigenvalue weighted by atomic mass is 10.0. The van der Waals surface area contributed by atoms with Crippen LogP contribution >= 0.6 is 15.9 Å². The van der Waals surface area contributed by atoms with Crippen LogP contribution in [0.25, 0.3) is 0 Å². The summed E-state index contributed by atoms with van der Waals surface area (Å²) in [4.78, 5) is 9.88. The minimum Gasteiger partial charge on any atom is -0.404 e. The van der Waals surface area contributed by atoms with Crippen LogP contribution in [0.3, 0.4) is 0 Å². The maximum Gasteiger partial charge on any atom is 0.433 e. The Balaban J connectivity index is 2.37. The fraction of sp³-hybridized carbons (Fsp3) is 0.231. The largest absolute Gasteiger partial charge is 0.433 e. The van der Waals surface area contributed by atoms with E-state index in [9.17, 15) is 10.1 Å². The molecule has 1 atom stereocenters. The Morgan fingerprint density at radius 3 is 2.61 bits per heavy atom. The van der Waals surface area contributed by atoms with Gasteiger partial charge >= 0.3 is 5.88 Å². The van der Waals surface area contributed by atoms with Gasteiger partial charge in [-0.15, -0.1) is 0 Å². The van der Waals surface area contributed by atoms with Crippen molar-refractivity contribution < 1.29 is 9.34 Å². The second kappa shape index (κ2) is 4.94. The van der Waals surface area contributed by atoms with E-state index in [1.54, 1.807) is 6.07 Å². The van der Waals surface area contributed by atoms with Gasteiger partial charge < -0.3 is 4.42 Å². The molecule has 0 aliphatic rings. The van der Waals surface area contributed by atoms with Gasteiger partial charge in [-0.25, -0.2) is 0 Å². The first-order valence-corrected chi connectivity index (χ1v) is 6.36. The van der Waals surface area contributed by atoms with Crippen molar-refractivity contribution in [2.45, 2.75) is 18.7 Å². The number of rotatable bonds is 3. The maximum atomic E-state index is 10.6. The van der Waals surface area contributed by atoms with Crippen molar-refractivity contribution in [1.29, 1.82) is 0 Å². The molecule has 0 N–H and O–H groups in total. The number of hydrogen-bond donors (Lipinski definition) is 0. The molecule has 1 heterocycles. The lowest BCUT2D eigenvalue weighted by Crippen LogP contribution is -1.95. The minimum atomic E-state index is -0.535. The summed E-state index contributed by atoms with van der Waals surface area (Å²) in [5.74, 6) is 0.301. The number of alkyl halides is 1. The van der Waals surface area contributed by atoms with Crippen LogP contribution in [0.15, 0.2) is 34.7 Å². The molecule has 5 heteroatoms. The first-order chi connectivity index (χ1) is 8.49. The number of furan rings is 1. The molecule has 2 rings (SSSR count). The number of aryl methyl sites for hydroxylation is 2. The van der Waals surface area contributed by atoms with Crippen molar-refractivity contribution in [1.82, 2.24) is 0 Å². The van der Waals surface area contributed by atoms with Crippen molar-refractivity contribution in [3.8, 4) is 0 Å². The Hall–Kier alpha value is -1.62. The molecule has 94 valence electrons. The van der Waals surface area contributed by atoms with E-state index in [2.05, 4.69) is 15.9 Å². The average molecular weight is 310 g/mol. The summed E-state index contributed by atoms with van der Waals surface area (Å²) in [6.07, 6.45) is 0. The number of halogens is 1. The van der Waals surface area contributed by atoms with Crippen LogP contribution in [0.5, 0.6) is 0 Å². The zero-order valence-corrected chi connectivity index (χ0v) is 11.6. The van der Waals surface area contributed by atoms with Crippen LogP contribution in [-0.2, 0) is 0 Å². The third-order valence-corrected chi connectivity index (χ3v) is 3.69. The van der Waals surface area contributed by atoms with E-state index in [0.29, 0.717) is 5.76 Å². The predicted molar refractivity (Wildman–Crippen MR) is 72.0 cm³/mol. The third-order valence-electron chi connectivity index (χ3n) is 2.75. The Morgan fingerprint density at radius 2 is 2.00 bits per heavy atom. The second-order valence-electron chi connectivity index (χ2n) is 4.16. The Bertz CT molecular complexity index is 592. The van der Waals surface area contributed by atoms with Gasteiger partial charge in [0.1, 0.15) is 10.7 Å². The smallest absolute Gasteiger partial charge is 0.404 e. The molecule has 18 heavy (non-hydrogen) atoms. The van der Waals surface area contributed by atoms with Gasteiger partial charge in [0.2, 0.25) is 0 Å². The van der Waals surface area contributed by atoms with Crippen LogP contribution in [0.1, 0.15) is 27.3 Å². The monoisotopic (exact) mass is 309 g/mol. The third kappa shape index (κ3) is 2.46. The Morgan fingerprint density at radius 1 is 1.28 bits per heavy atom. The summed E-state index contributed by atoms with van der Waals surface area (Å²) in [6, 6.07) is 9.09. The zero-order valence-electron chi connectivity index (χ0n) is 10.0. The molecule has 1 aromatic heterocycles. The summed E-state index contributed by atoms with van der Waals surface area (Å²) in [6.45, 7) is 4.01. The van der Waals surface area contributed by atoms with E-state index in [1.807, 2.05) is 32.0 Å². The summed E-state index contributed by atoms with van der Waals surface area (Å²) >= 11 is 3.53. The van der Waals surface area contributed by atoms with Gasteiger partial charge in [0.25, 0.3) is 0 Å². The summed E-state index contributed by atoms with van der Waals surface area (Å²) < 4.78 is 5.21. The number of hydrogen-bond acceptors (Lipinski definition) is 3. The molecule has 0 saturated carbocycles. The Labute approximate surface area is 113 Å². The standard InChI is InChI=1S/C13H12BrNO3/c1-8-3-4-9(2)10(7-8)13(14)11-5-6-12(18-11)15(16)17/h3-7,13H,1-2H3. The molecule has 0 fully saturated rings. The highest BCUT2D eigenvalue weighted by atomic mass is 79.9. The molecule has 4 nitrogen and oxygen atoms in total. The van der Waals surface area contributed by atoms with Crippen LogP contribution in [0, 0.1) is 24.0 Å². The van der Waals surface area contributed by atoms with Gasteiger partial charge in [-0.05, 0) is 31.0 Å². The minimum absolute atomic E-state index is 0.175. The zero-order chi connectivity index (χ0) is 13.3. The van der Waals surface area contributed by atoms with Crippen molar-refractivity contribution in [2.75, 3.05) is 0 Å². The van der Waals surface area contributed by atoms with Gasteiger partial charge in [0.15, 0.2) is 0 Å². The molecule has 0 saturated heterocycles. The number of benzene rings is 1. The fourth-order valence-electron chi connectivity index (χ4n) is 1.76. The number of nitro groups is 1. The normalized spacial score (nSPS) is 12.4. The molecule has 0 aliphatic carbocycles. The highest BCUT2D eigenvalue weighted by Gasteiger charge is 2.20. The van der Waals surface area contributed by atoms with Crippen LogP contribution in [0.4, 0.5) is 5.88 Å². The first-order valence-electron chi connectivity index (χ1n) is 5.44. The second-order valence-corrected chi connectivity index (χ2v) is 5.07. The predicted octanol–water partition coefficient (Wildman–Crippen LogP) is 4.29. The molecule has 0 bridgehead atoms. The van der Waals surface area contributed by atoms with Gasteiger partial charge in [-0.3, -0.25) is 10.1 Å². The SMILES string of the molecule is Cc1ccc(C)c(C(Br)c2ccc([N+](=O)[O-])o2)c1. The average Bonchev–Trinajstić information content (AvgIpc) is 2.81. The molecule has 1 unspecified atom stereocenters. The molecule has 2 aromatic rings. The quantitative estimate of drug-likeness (QED) is 0.483. The number of nitrogens with zero attached hydrogens (tertiary/aromatic N) is 1. The van der Waals surface area contributed by atoms with E-state index >= 15 is 0 Å². The van der Waals surface area contributed by atoms with Crippen molar-refractivity contribution in [3.05, 3.63) is 62.9 Å². The van der Waals surface area contributed by atoms with E-state index in [0.717, 1.165) is 16.7 Å². The van der Waals surface area contributed by atoms with E-state index in [4.69, 9.17) is 4.42 Å².